The first-order valence-electron chi connectivity index (χ1n) is 8.96. The van der Waals surface area contributed by atoms with Crippen molar-refractivity contribution in [2.45, 2.75) is 10.9 Å². The highest BCUT2D eigenvalue weighted by Crippen LogP contribution is 2.29. The third kappa shape index (κ3) is 2.89. The van der Waals surface area contributed by atoms with E-state index >= 15 is 0 Å². The van der Waals surface area contributed by atoms with E-state index in [9.17, 15) is 4.79 Å². The summed E-state index contributed by atoms with van der Waals surface area (Å²) in [6.45, 7) is 0. The standard InChI is InChI=1S/C19H15BrN8OS/c1-26-17(29)12-7-3-5-9-14(12)27-15(22-24-18(26)27)10-30-19-25-23-16(28(19)21)11-6-2-4-8-13(11)20/h2-9H,10,21H2,1H3. The smallest absolute Gasteiger partial charge is 0.262 e. The van der Waals surface area contributed by atoms with E-state index in [1.807, 2.05) is 46.9 Å². The lowest BCUT2D eigenvalue weighted by molar-refractivity contribution is 0.846. The van der Waals surface area contributed by atoms with Gasteiger partial charge in [-0.2, -0.15) is 0 Å². The predicted octanol–water partition coefficient (Wildman–Crippen LogP) is 2.61. The Kier molecular flexibility index (Phi) is 4.55. The van der Waals surface area contributed by atoms with Crippen molar-refractivity contribution in [3.8, 4) is 11.4 Å². The molecule has 0 aliphatic carbocycles. The molecular weight excluding hydrogens is 468 g/mol. The molecule has 0 saturated carbocycles. The summed E-state index contributed by atoms with van der Waals surface area (Å²) in [6.07, 6.45) is 0. The largest absolute Gasteiger partial charge is 0.335 e. The third-order valence-corrected chi connectivity index (χ3v) is 6.43. The molecule has 2 aromatic carbocycles. The van der Waals surface area contributed by atoms with Crippen LogP contribution in [0.5, 0.6) is 0 Å². The molecule has 0 aliphatic rings. The van der Waals surface area contributed by atoms with Crippen molar-refractivity contribution in [3.05, 3.63) is 69.2 Å². The van der Waals surface area contributed by atoms with Crippen molar-refractivity contribution in [2.24, 2.45) is 7.05 Å². The zero-order valence-corrected chi connectivity index (χ0v) is 18.1. The quantitative estimate of drug-likeness (QED) is 0.309. The minimum absolute atomic E-state index is 0.107. The normalized spacial score (nSPS) is 11.5. The van der Waals surface area contributed by atoms with Crippen LogP contribution in [0.15, 0.2) is 63.0 Å². The number of halogens is 1. The molecule has 0 fully saturated rings. The summed E-state index contributed by atoms with van der Waals surface area (Å²) in [7, 11) is 1.69. The zero-order chi connectivity index (χ0) is 20.8. The van der Waals surface area contributed by atoms with Crippen LogP contribution >= 0.6 is 27.7 Å². The average Bonchev–Trinajstić information content (AvgIpc) is 3.35. The van der Waals surface area contributed by atoms with Gasteiger partial charge in [0, 0.05) is 17.1 Å². The van der Waals surface area contributed by atoms with Crippen molar-refractivity contribution in [2.75, 3.05) is 5.84 Å². The molecule has 0 bridgehead atoms. The summed E-state index contributed by atoms with van der Waals surface area (Å²) < 4.78 is 5.73. The van der Waals surface area contributed by atoms with Gasteiger partial charge in [0.15, 0.2) is 5.82 Å². The molecule has 0 unspecified atom stereocenters. The lowest BCUT2D eigenvalue weighted by Crippen LogP contribution is -2.20. The van der Waals surface area contributed by atoms with E-state index < -0.39 is 0 Å². The molecule has 3 heterocycles. The van der Waals surface area contributed by atoms with Crippen molar-refractivity contribution >= 4 is 44.4 Å². The number of aromatic nitrogens is 7. The van der Waals surface area contributed by atoms with Crippen LogP contribution in [0, 0.1) is 0 Å². The van der Waals surface area contributed by atoms with Crippen molar-refractivity contribution in [1.29, 1.82) is 0 Å². The second-order valence-electron chi connectivity index (χ2n) is 6.58. The predicted molar refractivity (Wildman–Crippen MR) is 119 cm³/mol. The van der Waals surface area contributed by atoms with Gasteiger partial charge in [-0.05, 0) is 24.3 Å². The molecule has 0 amide bonds. The molecule has 5 rings (SSSR count). The van der Waals surface area contributed by atoms with Gasteiger partial charge < -0.3 is 5.84 Å². The number of aryl methyl sites for hydroxylation is 1. The number of para-hydroxylation sites is 1. The zero-order valence-electron chi connectivity index (χ0n) is 15.7. The maximum Gasteiger partial charge on any atom is 0.262 e. The number of rotatable bonds is 4. The Balaban J connectivity index is 1.53. The van der Waals surface area contributed by atoms with Crippen LogP contribution in [0.25, 0.3) is 28.1 Å². The highest BCUT2D eigenvalue weighted by Gasteiger charge is 2.18. The van der Waals surface area contributed by atoms with Gasteiger partial charge in [-0.1, -0.05) is 52.0 Å². The molecule has 5 aromatic rings. The Bertz CT molecular complexity index is 1470. The topological polar surface area (TPSA) is 109 Å². The molecule has 30 heavy (non-hydrogen) atoms. The first kappa shape index (κ1) is 18.8. The van der Waals surface area contributed by atoms with Gasteiger partial charge in [0.1, 0.15) is 5.82 Å². The van der Waals surface area contributed by atoms with Gasteiger partial charge in [-0.25, -0.2) is 4.68 Å². The molecule has 0 saturated heterocycles. The van der Waals surface area contributed by atoms with Gasteiger partial charge in [0.25, 0.3) is 5.56 Å². The monoisotopic (exact) mass is 482 g/mol. The minimum atomic E-state index is -0.107. The first-order valence-corrected chi connectivity index (χ1v) is 10.7. The van der Waals surface area contributed by atoms with Crippen LogP contribution in [-0.2, 0) is 12.8 Å². The van der Waals surface area contributed by atoms with Gasteiger partial charge in [0.2, 0.25) is 10.9 Å². The molecule has 150 valence electrons. The molecule has 0 spiro atoms. The lowest BCUT2D eigenvalue weighted by Gasteiger charge is -2.08. The molecule has 11 heteroatoms. The van der Waals surface area contributed by atoms with E-state index in [0.29, 0.717) is 33.7 Å². The fourth-order valence-electron chi connectivity index (χ4n) is 3.32. The van der Waals surface area contributed by atoms with E-state index in [2.05, 4.69) is 36.3 Å². The second kappa shape index (κ2) is 7.26. The minimum Gasteiger partial charge on any atom is -0.335 e. The van der Waals surface area contributed by atoms with Crippen molar-refractivity contribution in [1.82, 2.24) is 34.0 Å². The third-order valence-electron chi connectivity index (χ3n) is 4.80. The number of nitrogens with two attached hydrogens (primary N) is 1. The van der Waals surface area contributed by atoms with Crippen LogP contribution in [-0.4, -0.2) is 34.0 Å². The van der Waals surface area contributed by atoms with Crippen LogP contribution in [0.3, 0.4) is 0 Å². The number of nitrogen functional groups attached to an aromatic ring is 1. The number of hydrogen-bond donors (Lipinski definition) is 1. The summed E-state index contributed by atoms with van der Waals surface area (Å²) in [5.41, 5.74) is 1.51. The number of benzene rings is 2. The maximum absolute atomic E-state index is 12.6. The molecular formula is C19H15BrN8OS. The molecule has 3 aromatic heterocycles. The number of hydrogen-bond acceptors (Lipinski definition) is 7. The second-order valence-corrected chi connectivity index (χ2v) is 8.37. The van der Waals surface area contributed by atoms with E-state index in [4.69, 9.17) is 5.84 Å². The van der Waals surface area contributed by atoms with E-state index in [1.54, 1.807) is 13.1 Å². The molecule has 2 N–H and O–H groups in total. The summed E-state index contributed by atoms with van der Waals surface area (Å²) in [4.78, 5) is 12.6. The van der Waals surface area contributed by atoms with Crippen LogP contribution < -0.4 is 11.4 Å². The highest BCUT2D eigenvalue weighted by molar-refractivity contribution is 9.10. The van der Waals surface area contributed by atoms with Crippen molar-refractivity contribution < 1.29 is 0 Å². The SMILES string of the molecule is Cn1c(=O)c2ccccc2n2c(CSc3nnc(-c4ccccc4Br)n3N)nnc12. The van der Waals surface area contributed by atoms with Gasteiger partial charge in [0.05, 0.1) is 16.7 Å². The Morgan fingerprint density at radius 3 is 2.63 bits per heavy atom. The first-order chi connectivity index (χ1) is 14.6. The fraction of sp³-hybridized carbons (Fsp3) is 0.105. The maximum atomic E-state index is 12.6. The molecule has 0 atom stereocenters. The summed E-state index contributed by atoms with van der Waals surface area (Å²) in [5.74, 6) is 8.44. The summed E-state index contributed by atoms with van der Waals surface area (Å²) >= 11 is 4.91. The Hall–Kier alpha value is -3.18. The van der Waals surface area contributed by atoms with Crippen LogP contribution in [0.1, 0.15) is 5.82 Å². The van der Waals surface area contributed by atoms with Gasteiger partial charge in [-0.3, -0.25) is 13.8 Å². The van der Waals surface area contributed by atoms with Crippen molar-refractivity contribution in [3.63, 3.8) is 0 Å². The van der Waals surface area contributed by atoms with Gasteiger partial charge in [-0.15, -0.1) is 20.4 Å². The van der Waals surface area contributed by atoms with E-state index in [-0.39, 0.29) is 5.56 Å². The van der Waals surface area contributed by atoms with Crippen LogP contribution in [0.2, 0.25) is 0 Å². The highest BCUT2D eigenvalue weighted by atomic mass is 79.9. The van der Waals surface area contributed by atoms with E-state index in [0.717, 1.165) is 15.6 Å². The fourth-order valence-corrected chi connectivity index (χ4v) is 4.55. The molecule has 0 radical (unpaired) electrons. The van der Waals surface area contributed by atoms with E-state index in [1.165, 1.54) is 21.0 Å². The molecule has 9 nitrogen and oxygen atoms in total. The van der Waals surface area contributed by atoms with Gasteiger partial charge >= 0.3 is 0 Å². The summed E-state index contributed by atoms with van der Waals surface area (Å²) in [6, 6.07) is 15.1. The number of nitrogens with zero attached hydrogens (tertiary/aromatic N) is 7. The Morgan fingerprint density at radius 1 is 1.03 bits per heavy atom. The Morgan fingerprint density at radius 2 is 1.80 bits per heavy atom. The molecule has 0 aliphatic heterocycles. The van der Waals surface area contributed by atoms with Crippen LogP contribution in [0.4, 0.5) is 0 Å². The summed E-state index contributed by atoms with van der Waals surface area (Å²) in [5, 5.41) is 18.1. The number of thioether (sulfide) groups is 1. The number of fused-ring (bicyclic) bond motifs is 3. The average molecular weight is 483 g/mol. The lowest BCUT2D eigenvalue weighted by atomic mass is 10.2. The Labute approximate surface area is 182 Å².